The molecule has 0 spiro atoms. The highest BCUT2D eigenvalue weighted by Gasteiger charge is 2.29. The van der Waals surface area contributed by atoms with E-state index >= 15 is 0 Å². The van der Waals surface area contributed by atoms with E-state index in [1.807, 2.05) is 36.4 Å². The van der Waals surface area contributed by atoms with Gasteiger partial charge >= 0.3 is 11.9 Å². The van der Waals surface area contributed by atoms with Gasteiger partial charge in [-0.1, -0.05) is 30.3 Å². The highest BCUT2D eigenvalue weighted by atomic mass is 16.5. The molecular formula is C32H23NO7. The number of imide groups is 1. The number of hydrogen-bond acceptors (Lipinski definition) is 7. The van der Waals surface area contributed by atoms with E-state index in [2.05, 4.69) is 0 Å². The largest absolute Gasteiger partial charge is 0.497 e. The third kappa shape index (κ3) is 5.51. The first-order chi connectivity index (χ1) is 19.3. The summed E-state index contributed by atoms with van der Waals surface area (Å²) in [6.45, 7) is 1.56. The van der Waals surface area contributed by atoms with Crippen LogP contribution in [0.1, 0.15) is 27.6 Å². The van der Waals surface area contributed by atoms with Crippen molar-refractivity contribution in [3.63, 3.8) is 0 Å². The number of benzene rings is 4. The molecule has 0 radical (unpaired) electrons. The Labute approximate surface area is 230 Å². The molecule has 1 aliphatic heterocycles. The van der Waals surface area contributed by atoms with Crippen molar-refractivity contribution < 1.29 is 33.4 Å². The van der Waals surface area contributed by atoms with Crippen molar-refractivity contribution in [1.29, 1.82) is 0 Å². The van der Waals surface area contributed by atoms with Gasteiger partial charge in [-0.25, -0.2) is 14.5 Å². The Kier molecular flexibility index (Phi) is 7.24. The Hall–Kier alpha value is -5.50. The van der Waals surface area contributed by atoms with Crippen LogP contribution in [0.15, 0.2) is 109 Å². The molecule has 5 rings (SSSR count). The van der Waals surface area contributed by atoms with Crippen molar-refractivity contribution in [3.8, 4) is 28.4 Å². The zero-order valence-electron chi connectivity index (χ0n) is 21.6. The van der Waals surface area contributed by atoms with Crippen molar-refractivity contribution in [2.45, 2.75) is 6.92 Å². The van der Waals surface area contributed by atoms with Gasteiger partial charge in [0, 0.05) is 11.6 Å². The molecule has 8 nitrogen and oxygen atoms in total. The summed E-state index contributed by atoms with van der Waals surface area (Å²) < 4.78 is 16.1. The normalized spacial score (nSPS) is 12.7. The van der Waals surface area contributed by atoms with Crippen LogP contribution in [0.5, 0.6) is 17.2 Å². The molecule has 1 aliphatic rings. The van der Waals surface area contributed by atoms with Crippen molar-refractivity contribution in [3.05, 3.63) is 120 Å². The van der Waals surface area contributed by atoms with Crippen molar-refractivity contribution in [2.75, 3.05) is 12.0 Å². The quantitative estimate of drug-likeness (QED) is 0.173. The van der Waals surface area contributed by atoms with Gasteiger partial charge in [-0.05, 0) is 84.8 Å². The second-order valence-electron chi connectivity index (χ2n) is 8.91. The molecule has 0 bridgehead atoms. The fraction of sp³-hybridized carbons (Fsp3) is 0.0625. The van der Waals surface area contributed by atoms with Crippen molar-refractivity contribution in [1.82, 2.24) is 0 Å². The van der Waals surface area contributed by atoms with Crippen LogP contribution in [0, 0.1) is 0 Å². The van der Waals surface area contributed by atoms with E-state index < -0.39 is 23.8 Å². The molecule has 0 N–H and O–H groups in total. The zero-order chi connectivity index (χ0) is 28.2. The van der Waals surface area contributed by atoms with Gasteiger partial charge in [-0.15, -0.1) is 0 Å². The lowest BCUT2D eigenvalue weighted by Gasteiger charge is -2.14. The van der Waals surface area contributed by atoms with Crippen LogP contribution in [-0.4, -0.2) is 30.9 Å². The van der Waals surface area contributed by atoms with E-state index in [4.69, 9.17) is 14.2 Å². The lowest BCUT2D eigenvalue weighted by molar-refractivity contribution is -0.120. The minimum atomic E-state index is -0.667. The Morgan fingerprint density at radius 1 is 0.650 bits per heavy atom. The molecule has 1 heterocycles. The predicted octanol–water partition coefficient (Wildman–Crippen LogP) is 5.62. The monoisotopic (exact) mass is 533 g/mol. The molecule has 0 aliphatic carbocycles. The number of hydrogen-bond donors (Lipinski definition) is 0. The maximum atomic E-state index is 12.7. The van der Waals surface area contributed by atoms with Crippen LogP contribution < -0.4 is 19.1 Å². The summed E-state index contributed by atoms with van der Waals surface area (Å²) in [5.41, 5.74) is 3.05. The van der Waals surface area contributed by atoms with Crippen LogP contribution >= 0.6 is 0 Å². The van der Waals surface area contributed by atoms with Crippen LogP contribution in [0.25, 0.3) is 11.1 Å². The number of amides is 2. The van der Waals surface area contributed by atoms with Gasteiger partial charge in [0.05, 0.1) is 23.9 Å². The maximum Gasteiger partial charge on any atom is 0.343 e. The van der Waals surface area contributed by atoms with E-state index in [9.17, 15) is 19.2 Å². The Morgan fingerprint density at radius 2 is 1.23 bits per heavy atom. The molecule has 4 aromatic rings. The number of carbonyl (C=O) groups excluding carboxylic acids is 4. The number of esters is 2. The first kappa shape index (κ1) is 26.1. The van der Waals surface area contributed by atoms with Gasteiger partial charge in [-0.3, -0.25) is 9.59 Å². The number of rotatable bonds is 7. The van der Waals surface area contributed by atoms with Gasteiger partial charge < -0.3 is 14.2 Å². The third-order valence-corrected chi connectivity index (χ3v) is 6.23. The minimum absolute atomic E-state index is 0.156. The molecule has 2 amide bonds. The van der Waals surface area contributed by atoms with Gasteiger partial charge in [0.2, 0.25) is 0 Å². The highest BCUT2D eigenvalue weighted by molar-refractivity contribution is 6.30. The maximum absolute atomic E-state index is 12.7. The van der Waals surface area contributed by atoms with Crippen molar-refractivity contribution >= 4 is 29.4 Å². The van der Waals surface area contributed by atoms with Gasteiger partial charge in [0.25, 0.3) is 11.8 Å². The summed E-state index contributed by atoms with van der Waals surface area (Å²) >= 11 is 0. The minimum Gasteiger partial charge on any atom is -0.497 e. The molecule has 4 aromatic carbocycles. The van der Waals surface area contributed by atoms with E-state index in [0.717, 1.165) is 21.8 Å². The number of ether oxygens (including phenoxy) is 3. The van der Waals surface area contributed by atoms with Crippen molar-refractivity contribution in [2.24, 2.45) is 0 Å². The molecule has 0 saturated heterocycles. The molecule has 0 unspecified atom stereocenters. The van der Waals surface area contributed by atoms with E-state index in [0.29, 0.717) is 17.0 Å². The van der Waals surface area contributed by atoms with Gasteiger partial charge in [0.15, 0.2) is 0 Å². The van der Waals surface area contributed by atoms with Crippen LogP contribution in [0.3, 0.4) is 0 Å². The molecule has 0 atom stereocenters. The van der Waals surface area contributed by atoms with Crippen LogP contribution in [-0.2, 0) is 9.59 Å². The standard InChI is InChI=1S/C32H23NO7/c1-20-18-29(34)33(30(20)35)25-12-6-23(7-13-25)31(36)40-28-5-3-4-24(19-28)32(37)39-27-16-10-22(11-17-27)21-8-14-26(38-2)15-9-21/h3-19H,1-2H3. The summed E-state index contributed by atoms with van der Waals surface area (Å²) in [7, 11) is 1.61. The molecule has 198 valence electrons. The summed E-state index contributed by atoms with van der Waals surface area (Å²) in [6.07, 6.45) is 1.26. The molecule has 8 heteroatoms. The number of nitrogens with zero attached hydrogens (tertiary/aromatic N) is 1. The second-order valence-corrected chi connectivity index (χ2v) is 8.91. The fourth-order valence-electron chi connectivity index (χ4n) is 4.10. The summed E-state index contributed by atoms with van der Waals surface area (Å²) in [5.74, 6) is -0.830. The summed E-state index contributed by atoms with van der Waals surface area (Å²) in [5, 5.41) is 0. The van der Waals surface area contributed by atoms with Gasteiger partial charge in [-0.2, -0.15) is 0 Å². The van der Waals surface area contributed by atoms with Gasteiger partial charge in [0.1, 0.15) is 17.2 Å². The zero-order valence-corrected chi connectivity index (χ0v) is 21.6. The molecule has 40 heavy (non-hydrogen) atoms. The first-order valence-corrected chi connectivity index (χ1v) is 12.3. The number of methoxy groups -OCH3 is 1. The summed E-state index contributed by atoms with van der Waals surface area (Å²) in [4.78, 5) is 50.7. The van der Waals surface area contributed by atoms with E-state index in [1.54, 1.807) is 44.4 Å². The first-order valence-electron chi connectivity index (χ1n) is 12.3. The van der Waals surface area contributed by atoms with E-state index in [-0.39, 0.29) is 16.9 Å². The smallest absolute Gasteiger partial charge is 0.343 e. The molecule has 0 saturated carbocycles. The average molecular weight is 534 g/mol. The second kappa shape index (κ2) is 11.1. The molecule has 0 fully saturated rings. The van der Waals surface area contributed by atoms with Crippen LogP contribution in [0.4, 0.5) is 5.69 Å². The lowest BCUT2D eigenvalue weighted by atomic mass is 10.1. The topological polar surface area (TPSA) is 99.2 Å². The Morgan fingerprint density at radius 3 is 1.80 bits per heavy atom. The molecule has 0 aromatic heterocycles. The lowest BCUT2D eigenvalue weighted by Crippen LogP contribution is -2.30. The third-order valence-electron chi connectivity index (χ3n) is 6.23. The average Bonchev–Trinajstić information content (AvgIpc) is 3.24. The Balaban J connectivity index is 1.22. The van der Waals surface area contributed by atoms with E-state index in [1.165, 1.54) is 36.4 Å². The molecular weight excluding hydrogens is 510 g/mol. The Bertz CT molecular complexity index is 1640. The number of anilines is 1. The number of carbonyl (C=O) groups is 4. The SMILES string of the molecule is COc1ccc(-c2ccc(OC(=O)c3cccc(OC(=O)c4ccc(N5C(=O)C=C(C)C5=O)cc4)c3)cc2)cc1. The fourth-order valence-corrected chi connectivity index (χ4v) is 4.10. The summed E-state index contributed by atoms with van der Waals surface area (Å²) in [6, 6.07) is 26.7. The van der Waals surface area contributed by atoms with Crippen LogP contribution in [0.2, 0.25) is 0 Å². The predicted molar refractivity (Wildman–Crippen MR) is 147 cm³/mol. The highest BCUT2D eigenvalue weighted by Crippen LogP contribution is 2.26.